The first-order valence-electron chi connectivity index (χ1n) is 9.02. The predicted octanol–water partition coefficient (Wildman–Crippen LogP) is 3.18. The summed E-state index contributed by atoms with van der Waals surface area (Å²) in [5.41, 5.74) is 12.7. The zero-order valence-electron chi connectivity index (χ0n) is 16.4. The number of alkyl halides is 3. The van der Waals surface area contributed by atoms with Crippen molar-refractivity contribution in [3.8, 4) is 16.8 Å². The summed E-state index contributed by atoms with van der Waals surface area (Å²) in [4.78, 5) is 16.6. The second-order valence-electron chi connectivity index (χ2n) is 6.59. The van der Waals surface area contributed by atoms with Crippen molar-refractivity contribution in [2.75, 3.05) is 0 Å². The zero-order chi connectivity index (χ0) is 22.6. The second-order valence-corrected chi connectivity index (χ2v) is 6.59. The normalized spacial score (nSPS) is 12.6. The van der Waals surface area contributed by atoms with Crippen LogP contribution in [-0.4, -0.2) is 26.8 Å². The Kier molecular flexibility index (Phi) is 6.10. The first-order chi connectivity index (χ1) is 14.7. The monoisotopic (exact) mass is 428 g/mol. The summed E-state index contributed by atoms with van der Waals surface area (Å²) in [5, 5.41) is 6.57. The van der Waals surface area contributed by atoms with Crippen molar-refractivity contribution < 1.29 is 18.0 Å². The van der Waals surface area contributed by atoms with E-state index in [0.717, 1.165) is 16.7 Å². The van der Waals surface area contributed by atoms with E-state index in [-0.39, 0.29) is 5.56 Å². The van der Waals surface area contributed by atoms with Gasteiger partial charge in [-0.1, -0.05) is 12.1 Å². The molecule has 0 aliphatic rings. The maximum atomic E-state index is 12.8. The highest BCUT2D eigenvalue weighted by atomic mass is 19.4. The third-order valence-corrected chi connectivity index (χ3v) is 4.37. The van der Waals surface area contributed by atoms with Gasteiger partial charge < -0.3 is 16.8 Å². The molecule has 3 rings (SSSR count). The largest absolute Gasteiger partial charge is 0.417 e. The van der Waals surface area contributed by atoms with Gasteiger partial charge in [0, 0.05) is 41.5 Å². The van der Waals surface area contributed by atoms with Crippen LogP contribution < -0.4 is 16.8 Å². The molecular formula is C21H19F3N6O. The van der Waals surface area contributed by atoms with Gasteiger partial charge in [0.25, 0.3) is 5.91 Å². The topological polar surface area (TPSA) is 112 Å². The van der Waals surface area contributed by atoms with E-state index in [9.17, 15) is 18.0 Å². The number of rotatable bonds is 5. The highest BCUT2D eigenvalue weighted by molar-refractivity contribution is 5.96. The Morgan fingerprint density at radius 1 is 1.19 bits per heavy atom. The molecule has 0 saturated heterocycles. The van der Waals surface area contributed by atoms with E-state index >= 15 is 0 Å². The summed E-state index contributed by atoms with van der Waals surface area (Å²) in [7, 11) is 0. The van der Waals surface area contributed by atoms with Crippen LogP contribution in [0.5, 0.6) is 0 Å². The molecular weight excluding hydrogens is 409 g/mol. The molecule has 0 saturated carbocycles. The summed E-state index contributed by atoms with van der Waals surface area (Å²) in [6, 6.07) is 8.52. The van der Waals surface area contributed by atoms with Crippen LogP contribution in [0.3, 0.4) is 0 Å². The van der Waals surface area contributed by atoms with E-state index in [2.05, 4.69) is 15.4 Å². The van der Waals surface area contributed by atoms with Crippen molar-refractivity contribution in [2.24, 2.45) is 11.5 Å². The van der Waals surface area contributed by atoms with Crippen LogP contribution >= 0.6 is 0 Å². The van der Waals surface area contributed by atoms with E-state index in [0.29, 0.717) is 18.0 Å². The molecule has 1 amide bonds. The molecule has 0 atom stereocenters. The van der Waals surface area contributed by atoms with Gasteiger partial charge in [0.2, 0.25) is 0 Å². The van der Waals surface area contributed by atoms with Crippen LogP contribution in [0, 0.1) is 6.92 Å². The fraction of sp³-hybridized carbons (Fsp3) is 0.0952. The number of halogens is 3. The average Bonchev–Trinajstić information content (AvgIpc) is 3.22. The number of hydrogen-bond acceptors (Lipinski definition) is 5. The maximum Gasteiger partial charge on any atom is 0.417 e. The molecule has 5 N–H and O–H groups in total. The summed E-state index contributed by atoms with van der Waals surface area (Å²) in [5.74, 6) is -1.16. The molecule has 3 aromatic rings. The van der Waals surface area contributed by atoms with Crippen molar-refractivity contribution >= 4 is 5.91 Å². The van der Waals surface area contributed by atoms with Crippen molar-refractivity contribution in [2.45, 2.75) is 13.1 Å². The number of pyridine rings is 1. The van der Waals surface area contributed by atoms with Gasteiger partial charge in [-0.25, -0.2) is 4.68 Å². The minimum atomic E-state index is -4.69. The number of nitrogens with zero attached hydrogens (tertiary/aromatic N) is 3. The lowest BCUT2D eigenvalue weighted by molar-refractivity contribution is -0.0884. The second kappa shape index (κ2) is 8.74. The molecule has 0 fully saturated rings. The van der Waals surface area contributed by atoms with Gasteiger partial charge in [-0.2, -0.15) is 18.3 Å². The number of allylic oxidation sites excluding steroid dienone is 2. The number of hydrogen-bond donors (Lipinski definition) is 3. The number of carbonyl (C=O) groups excluding carboxylic acids is 1. The number of benzene rings is 1. The van der Waals surface area contributed by atoms with Gasteiger partial charge in [-0.05, 0) is 36.8 Å². The molecule has 2 heterocycles. The summed E-state index contributed by atoms with van der Waals surface area (Å²) in [6.45, 7) is 1.85. The lowest BCUT2D eigenvalue weighted by atomic mass is 10.1. The molecule has 0 spiro atoms. The summed E-state index contributed by atoms with van der Waals surface area (Å²) >= 11 is 0. The number of amides is 1. The van der Waals surface area contributed by atoms with Gasteiger partial charge in [-0.15, -0.1) is 0 Å². The Morgan fingerprint density at radius 2 is 1.97 bits per heavy atom. The van der Waals surface area contributed by atoms with Gasteiger partial charge in [0.1, 0.15) is 5.82 Å². The molecule has 0 unspecified atom stereocenters. The number of nitrogens with two attached hydrogens (primary N) is 2. The molecule has 0 bridgehead atoms. The number of carbonyl (C=O) groups is 1. The van der Waals surface area contributed by atoms with E-state index in [1.165, 1.54) is 6.07 Å². The van der Waals surface area contributed by atoms with Crippen LogP contribution in [0.2, 0.25) is 0 Å². The third kappa shape index (κ3) is 5.10. The SMILES string of the molecule is Cc1ccc(C(=O)N/C(N)=C/C(=C\N)C(F)(F)F)cc1-n1cc(-c2cccnc2)cn1. The quantitative estimate of drug-likeness (QED) is 0.541. The maximum absolute atomic E-state index is 12.8. The van der Waals surface area contributed by atoms with E-state index < -0.39 is 23.5 Å². The molecule has 0 aliphatic heterocycles. The minimum Gasteiger partial charge on any atom is -0.404 e. The van der Waals surface area contributed by atoms with E-state index in [1.54, 1.807) is 41.6 Å². The van der Waals surface area contributed by atoms with Crippen LogP contribution in [0.25, 0.3) is 16.8 Å². The van der Waals surface area contributed by atoms with Gasteiger partial charge in [0.15, 0.2) is 0 Å². The van der Waals surface area contributed by atoms with Crippen LogP contribution in [0.1, 0.15) is 15.9 Å². The standard InChI is InChI=1S/C21H19F3N6O/c1-13-4-5-14(20(31)29-19(26)8-17(9-25)21(22,23)24)7-18(13)30-12-16(11-28-30)15-3-2-6-27-10-15/h2-12H,25-26H2,1H3,(H,29,31)/b17-9+,19-8+. The molecule has 0 aliphatic carbocycles. The average molecular weight is 428 g/mol. The molecule has 31 heavy (non-hydrogen) atoms. The number of nitrogens with one attached hydrogen (secondary N) is 1. The molecule has 1 aromatic carbocycles. The van der Waals surface area contributed by atoms with Gasteiger partial charge in [-0.3, -0.25) is 9.78 Å². The highest BCUT2D eigenvalue weighted by Crippen LogP contribution is 2.26. The van der Waals surface area contributed by atoms with E-state index in [4.69, 9.17) is 11.5 Å². The van der Waals surface area contributed by atoms with Gasteiger partial charge in [0.05, 0.1) is 17.5 Å². The van der Waals surface area contributed by atoms with Crippen molar-refractivity contribution in [1.82, 2.24) is 20.1 Å². The fourth-order valence-corrected chi connectivity index (χ4v) is 2.77. The highest BCUT2D eigenvalue weighted by Gasteiger charge is 2.32. The minimum absolute atomic E-state index is 0.195. The Bertz CT molecular complexity index is 1150. The van der Waals surface area contributed by atoms with Crippen LogP contribution in [-0.2, 0) is 0 Å². The molecule has 0 radical (unpaired) electrons. The van der Waals surface area contributed by atoms with Crippen molar-refractivity contribution in [3.05, 3.63) is 89.9 Å². The Balaban J connectivity index is 1.84. The lowest BCUT2D eigenvalue weighted by Crippen LogP contribution is -2.28. The summed E-state index contributed by atoms with van der Waals surface area (Å²) in [6.07, 6.45) is 3.08. The summed E-state index contributed by atoms with van der Waals surface area (Å²) < 4.78 is 39.9. The van der Waals surface area contributed by atoms with Crippen LogP contribution in [0.15, 0.2) is 78.8 Å². The number of aryl methyl sites for hydroxylation is 1. The molecule has 2 aromatic heterocycles. The van der Waals surface area contributed by atoms with Crippen molar-refractivity contribution in [1.29, 1.82) is 0 Å². The lowest BCUT2D eigenvalue weighted by Gasteiger charge is -2.11. The first-order valence-corrected chi connectivity index (χ1v) is 9.02. The Labute approximate surface area is 175 Å². The Morgan fingerprint density at radius 3 is 2.61 bits per heavy atom. The van der Waals surface area contributed by atoms with Gasteiger partial charge >= 0.3 is 6.18 Å². The van der Waals surface area contributed by atoms with E-state index in [1.807, 2.05) is 19.1 Å². The molecule has 7 nitrogen and oxygen atoms in total. The van der Waals surface area contributed by atoms with Crippen LogP contribution in [0.4, 0.5) is 13.2 Å². The third-order valence-electron chi connectivity index (χ3n) is 4.37. The number of aromatic nitrogens is 3. The van der Waals surface area contributed by atoms with Crippen molar-refractivity contribution in [3.63, 3.8) is 0 Å². The smallest absolute Gasteiger partial charge is 0.404 e. The molecule has 10 heteroatoms. The zero-order valence-corrected chi connectivity index (χ0v) is 16.4. The first kappa shape index (κ1) is 21.6. The predicted molar refractivity (Wildman–Crippen MR) is 110 cm³/mol. The fourth-order valence-electron chi connectivity index (χ4n) is 2.77. The molecule has 160 valence electrons. The Hall–Kier alpha value is -4.08.